The minimum atomic E-state index is -0.753. The molecule has 1 saturated heterocycles. The summed E-state index contributed by atoms with van der Waals surface area (Å²) in [5, 5.41) is 4.12. The van der Waals surface area contributed by atoms with Crippen LogP contribution in [-0.4, -0.2) is 45.2 Å². The van der Waals surface area contributed by atoms with Gasteiger partial charge in [-0.25, -0.2) is 4.79 Å². The zero-order valence-corrected chi connectivity index (χ0v) is 14.4. The molecular weight excluding hydrogens is 294 g/mol. The van der Waals surface area contributed by atoms with E-state index in [1.807, 2.05) is 20.2 Å². The average molecular weight is 321 g/mol. The fourth-order valence-electron chi connectivity index (χ4n) is 3.48. The molecule has 1 aliphatic rings. The van der Waals surface area contributed by atoms with Gasteiger partial charge in [0, 0.05) is 26.2 Å². The number of rotatable bonds is 7. The molecule has 0 aromatic carbocycles. The summed E-state index contributed by atoms with van der Waals surface area (Å²) in [6.45, 7) is 4.84. The maximum absolute atomic E-state index is 12.7. The first-order chi connectivity index (χ1) is 11.0. The summed E-state index contributed by atoms with van der Waals surface area (Å²) in [4.78, 5) is 27.0. The number of ether oxygens (including phenoxy) is 1. The van der Waals surface area contributed by atoms with Crippen molar-refractivity contribution in [2.24, 2.45) is 7.05 Å². The molecule has 0 unspecified atom stereocenters. The second-order valence-electron chi connectivity index (χ2n) is 6.17. The fourth-order valence-corrected chi connectivity index (χ4v) is 3.48. The Morgan fingerprint density at radius 3 is 2.78 bits per heavy atom. The number of aryl methyl sites for hydroxylation is 2. The Bertz CT molecular complexity index is 555. The number of likely N-dealkylation sites (tertiary alicyclic amines) is 1. The lowest BCUT2D eigenvalue weighted by molar-refractivity contribution is -0.162. The Morgan fingerprint density at radius 1 is 1.39 bits per heavy atom. The van der Waals surface area contributed by atoms with Gasteiger partial charge >= 0.3 is 5.97 Å². The molecular formula is C17H27N3O3. The maximum atomic E-state index is 12.7. The molecule has 1 amide bonds. The number of hydrogen-bond donors (Lipinski definition) is 0. The van der Waals surface area contributed by atoms with Crippen molar-refractivity contribution < 1.29 is 14.3 Å². The summed E-state index contributed by atoms with van der Waals surface area (Å²) in [7, 11) is 1.86. The molecule has 6 nitrogen and oxygen atoms in total. The van der Waals surface area contributed by atoms with Crippen LogP contribution in [-0.2, 0) is 27.8 Å². The van der Waals surface area contributed by atoms with Crippen LogP contribution in [0.5, 0.6) is 0 Å². The number of esters is 1. The molecule has 1 aliphatic heterocycles. The summed E-state index contributed by atoms with van der Waals surface area (Å²) in [6, 6.07) is 0. The highest BCUT2D eigenvalue weighted by atomic mass is 16.5. The Kier molecular flexibility index (Phi) is 5.80. The molecule has 0 saturated carbocycles. The van der Waals surface area contributed by atoms with E-state index < -0.39 is 5.54 Å². The van der Waals surface area contributed by atoms with Crippen molar-refractivity contribution in [1.29, 1.82) is 0 Å². The maximum Gasteiger partial charge on any atom is 0.332 e. The van der Waals surface area contributed by atoms with E-state index in [0.29, 0.717) is 38.8 Å². The minimum absolute atomic E-state index is 0.0351. The van der Waals surface area contributed by atoms with Gasteiger partial charge in [-0.05, 0) is 38.2 Å². The Labute approximate surface area is 137 Å². The van der Waals surface area contributed by atoms with E-state index in [1.54, 1.807) is 22.7 Å². The van der Waals surface area contributed by atoms with E-state index in [0.717, 1.165) is 18.4 Å². The van der Waals surface area contributed by atoms with E-state index in [2.05, 4.69) is 5.10 Å². The van der Waals surface area contributed by atoms with Gasteiger partial charge in [-0.3, -0.25) is 9.48 Å². The number of nitrogens with zero attached hydrogens (tertiary/aromatic N) is 3. The number of aromatic nitrogens is 2. The molecule has 1 fully saturated rings. The summed E-state index contributed by atoms with van der Waals surface area (Å²) < 4.78 is 7.01. The first-order valence-corrected chi connectivity index (χ1v) is 8.48. The van der Waals surface area contributed by atoms with Crippen molar-refractivity contribution >= 4 is 11.9 Å². The van der Waals surface area contributed by atoms with Crippen molar-refractivity contribution in [3.63, 3.8) is 0 Å². The lowest BCUT2D eigenvalue weighted by Gasteiger charge is -2.36. The van der Waals surface area contributed by atoms with Crippen LogP contribution in [0.2, 0.25) is 0 Å². The summed E-state index contributed by atoms with van der Waals surface area (Å²) >= 11 is 0. The van der Waals surface area contributed by atoms with Crippen molar-refractivity contribution in [2.75, 3.05) is 13.2 Å². The van der Waals surface area contributed by atoms with E-state index in [-0.39, 0.29) is 11.9 Å². The quantitative estimate of drug-likeness (QED) is 0.721. The number of hydrogen-bond acceptors (Lipinski definition) is 4. The predicted octanol–water partition coefficient (Wildman–Crippen LogP) is 2.08. The molecule has 0 aliphatic carbocycles. The molecule has 128 valence electrons. The monoisotopic (exact) mass is 321 g/mol. The third-order valence-corrected chi connectivity index (χ3v) is 4.49. The van der Waals surface area contributed by atoms with E-state index in [1.165, 1.54) is 0 Å². The van der Waals surface area contributed by atoms with Crippen LogP contribution in [0.15, 0.2) is 12.4 Å². The molecule has 1 aromatic heterocycles. The van der Waals surface area contributed by atoms with Crippen LogP contribution in [0.3, 0.4) is 0 Å². The molecule has 0 spiro atoms. The standard InChI is InChI=1S/C17H27N3O3/c1-4-9-17(16(22)23-5-2)10-6-11-20(17)15(21)8-7-14-12-18-19(3)13-14/h12-13H,4-11H2,1-3H3/t17-/m1/s1. The summed E-state index contributed by atoms with van der Waals surface area (Å²) in [5.41, 5.74) is 0.286. The Balaban J connectivity index is 2.07. The van der Waals surface area contributed by atoms with Gasteiger partial charge in [-0.2, -0.15) is 5.10 Å². The number of carbonyl (C=O) groups is 2. The highest BCUT2D eigenvalue weighted by Gasteiger charge is 2.49. The molecule has 2 heterocycles. The van der Waals surface area contributed by atoms with Crippen LogP contribution in [0.1, 0.15) is 51.5 Å². The van der Waals surface area contributed by atoms with Gasteiger partial charge in [0.15, 0.2) is 0 Å². The van der Waals surface area contributed by atoms with Crippen LogP contribution in [0.25, 0.3) is 0 Å². The third kappa shape index (κ3) is 3.74. The smallest absolute Gasteiger partial charge is 0.332 e. The highest BCUT2D eigenvalue weighted by molar-refractivity contribution is 5.89. The average Bonchev–Trinajstić information content (AvgIpc) is 3.13. The second-order valence-corrected chi connectivity index (χ2v) is 6.17. The van der Waals surface area contributed by atoms with Gasteiger partial charge in [0.2, 0.25) is 5.91 Å². The minimum Gasteiger partial charge on any atom is -0.464 e. The molecule has 0 N–H and O–H groups in total. The van der Waals surface area contributed by atoms with Gasteiger partial charge in [-0.15, -0.1) is 0 Å². The molecule has 1 atom stereocenters. The number of amides is 1. The van der Waals surface area contributed by atoms with Crippen molar-refractivity contribution in [1.82, 2.24) is 14.7 Å². The van der Waals surface area contributed by atoms with Crippen LogP contribution >= 0.6 is 0 Å². The van der Waals surface area contributed by atoms with E-state index in [4.69, 9.17) is 4.74 Å². The van der Waals surface area contributed by atoms with Gasteiger partial charge in [0.25, 0.3) is 0 Å². The van der Waals surface area contributed by atoms with Crippen molar-refractivity contribution in [3.05, 3.63) is 18.0 Å². The molecule has 2 rings (SSSR count). The lowest BCUT2D eigenvalue weighted by Crippen LogP contribution is -2.53. The van der Waals surface area contributed by atoms with Crippen LogP contribution < -0.4 is 0 Å². The normalized spacial score (nSPS) is 20.7. The first kappa shape index (κ1) is 17.5. The van der Waals surface area contributed by atoms with Gasteiger partial charge in [-0.1, -0.05) is 13.3 Å². The topological polar surface area (TPSA) is 64.4 Å². The zero-order chi connectivity index (χ0) is 16.9. The summed E-state index contributed by atoms with van der Waals surface area (Å²) in [5.74, 6) is -0.207. The first-order valence-electron chi connectivity index (χ1n) is 8.48. The fraction of sp³-hybridized carbons (Fsp3) is 0.706. The molecule has 1 aromatic rings. The molecule has 6 heteroatoms. The number of carbonyl (C=O) groups excluding carboxylic acids is 2. The molecule has 23 heavy (non-hydrogen) atoms. The van der Waals surface area contributed by atoms with E-state index in [9.17, 15) is 9.59 Å². The largest absolute Gasteiger partial charge is 0.464 e. The zero-order valence-electron chi connectivity index (χ0n) is 14.4. The third-order valence-electron chi connectivity index (χ3n) is 4.49. The predicted molar refractivity (Wildman–Crippen MR) is 86.7 cm³/mol. The Morgan fingerprint density at radius 2 is 2.17 bits per heavy atom. The highest BCUT2D eigenvalue weighted by Crippen LogP contribution is 2.35. The molecule has 0 radical (unpaired) electrons. The van der Waals surface area contributed by atoms with Gasteiger partial charge in [0.05, 0.1) is 12.8 Å². The lowest BCUT2D eigenvalue weighted by atomic mass is 9.90. The molecule has 0 bridgehead atoms. The van der Waals surface area contributed by atoms with Gasteiger partial charge in [0.1, 0.15) is 5.54 Å². The van der Waals surface area contributed by atoms with Crippen LogP contribution in [0, 0.1) is 0 Å². The van der Waals surface area contributed by atoms with Gasteiger partial charge < -0.3 is 9.64 Å². The Hall–Kier alpha value is -1.85. The van der Waals surface area contributed by atoms with E-state index >= 15 is 0 Å². The summed E-state index contributed by atoms with van der Waals surface area (Å²) in [6.07, 6.45) is 7.83. The van der Waals surface area contributed by atoms with Crippen LogP contribution in [0.4, 0.5) is 0 Å². The van der Waals surface area contributed by atoms with Crippen molar-refractivity contribution in [3.8, 4) is 0 Å². The SMILES string of the molecule is CCC[C@]1(C(=O)OCC)CCCN1C(=O)CCc1cnn(C)c1. The van der Waals surface area contributed by atoms with Crippen molar-refractivity contribution in [2.45, 2.75) is 57.9 Å². The second kappa shape index (κ2) is 7.62.